The van der Waals surface area contributed by atoms with Crippen molar-refractivity contribution in [2.75, 3.05) is 14.2 Å². The molecule has 0 amide bonds. The highest BCUT2D eigenvalue weighted by Gasteiger charge is 2.19. The molecule has 3 heterocycles. The van der Waals surface area contributed by atoms with Crippen molar-refractivity contribution in [1.82, 2.24) is 19.7 Å². The molecule has 0 saturated carbocycles. The van der Waals surface area contributed by atoms with E-state index in [1.807, 2.05) is 0 Å². The maximum Gasteiger partial charge on any atom is 0.271 e. The smallest absolute Gasteiger partial charge is 0.271 e. The van der Waals surface area contributed by atoms with Gasteiger partial charge in [-0.05, 0) is 24.3 Å². The van der Waals surface area contributed by atoms with Crippen LogP contribution in [0.15, 0.2) is 52.0 Å². The SMILES string of the molecule is COc1cccc(-c2noc(Cn3cnc4c(sc5cccc(F)c54)c3=O)n2)c1OC. The number of hydrogen-bond donors (Lipinski definition) is 0. The Balaban J connectivity index is 1.53. The van der Waals surface area contributed by atoms with Gasteiger partial charge in [-0.3, -0.25) is 9.36 Å². The number of benzene rings is 2. The largest absolute Gasteiger partial charge is 0.493 e. The van der Waals surface area contributed by atoms with E-state index in [9.17, 15) is 9.18 Å². The highest BCUT2D eigenvalue weighted by molar-refractivity contribution is 7.25. The van der Waals surface area contributed by atoms with Gasteiger partial charge in [0.05, 0.1) is 37.0 Å². The summed E-state index contributed by atoms with van der Waals surface area (Å²) in [6, 6.07) is 10.1. The average molecular weight is 438 g/mol. The van der Waals surface area contributed by atoms with Crippen molar-refractivity contribution in [3.05, 3.63) is 64.8 Å². The Kier molecular flexibility index (Phi) is 4.63. The van der Waals surface area contributed by atoms with Crippen LogP contribution in [-0.4, -0.2) is 33.9 Å². The van der Waals surface area contributed by atoms with Crippen molar-refractivity contribution in [2.45, 2.75) is 6.54 Å². The zero-order valence-electron chi connectivity index (χ0n) is 16.5. The first-order valence-corrected chi connectivity index (χ1v) is 10.0. The van der Waals surface area contributed by atoms with Crippen LogP contribution in [0.1, 0.15) is 5.89 Å². The van der Waals surface area contributed by atoms with Crippen molar-refractivity contribution in [3.8, 4) is 22.9 Å². The van der Waals surface area contributed by atoms with Gasteiger partial charge in [0.15, 0.2) is 11.5 Å². The number of ether oxygens (including phenoxy) is 2. The molecule has 3 aromatic heterocycles. The first-order valence-electron chi connectivity index (χ1n) is 9.21. The second-order valence-electron chi connectivity index (χ2n) is 6.62. The molecule has 5 aromatic rings. The number of rotatable bonds is 5. The van der Waals surface area contributed by atoms with Gasteiger partial charge in [0.25, 0.3) is 5.56 Å². The zero-order chi connectivity index (χ0) is 21.5. The van der Waals surface area contributed by atoms with E-state index in [4.69, 9.17) is 14.0 Å². The van der Waals surface area contributed by atoms with E-state index >= 15 is 0 Å². The highest BCUT2D eigenvalue weighted by Crippen LogP contribution is 2.36. The van der Waals surface area contributed by atoms with Crippen molar-refractivity contribution in [1.29, 1.82) is 0 Å². The van der Waals surface area contributed by atoms with Gasteiger partial charge in [-0.15, -0.1) is 11.3 Å². The van der Waals surface area contributed by atoms with Crippen LogP contribution in [-0.2, 0) is 6.54 Å². The lowest BCUT2D eigenvalue weighted by molar-refractivity contribution is 0.354. The molecule has 0 aliphatic heterocycles. The summed E-state index contributed by atoms with van der Waals surface area (Å²) in [4.78, 5) is 21.6. The van der Waals surface area contributed by atoms with Crippen LogP contribution in [0.2, 0.25) is 0 Å². The number of fused-ring (bicyclic) bond motifs is 3. The molecule has 0 saturated heterocycles. The molecule has 0 fully saturated rings. The molecule has 8 nitrogen and oxygen atoms in total. The summed E-state index contributed by atoms with van der Waals surface area (Å²) >= 11 is 1.21. The summed E-state index contributed by atoms with van der Waals surface area (Å²) < 4.78 is 32.7. The van der Waals surface area contributed by atoms with Gasteiger partial charge < -0.3 is 14.0 Å². The Morgan fingerprint density at radius 3 is 2.81 bits per heavy atom. The van der Waals surface area contributed by atoms with Crippen LogP contribution in [0, 0.1) is 5.82 Å². The van der Waals surface area contributed by atoms with E-state index in [0.29, 0.717) is 43.2 Å². The molecule has 0 unspecified atom stereocenters. The summed E-state index contributed by atoms with van der Waals surface area (Å²) in [5.74, 6) is 1.13. The van der Waals surface area contributed by atoms with Crippen LogP contribution >= 0.6 is 11.3 Å². The van der Waals surface area contributed by atoms with Crippen molar-refractivity contribution >= 4 is 31.6 Å². The molecule has 156 valence electrons. The van der Waals surface area contributed by atoms with Crippen LogP contribution < -0.4 is 15.0 Å². The molecule has 0 radical (unpaired) electrons. The molecular weight excluding hydrogens is 423 g/mol. The van der Waals surface area contributed by atoms with E-state index in [1.165, 1.54) is 35.4 Å². The second kappa shape index (κ2) is 7.47. The Morgan fingerprint density at radius 2 is 2.00 bits per heavy atom. The van der Waals surface area contributed by atoms with Crippen LogP contribution in [0.25, 0.3) is 31.7 Å². The van der Waals surface area contributed by atoms with Crippen LogP contribution in [0.5, 0.6) is 11.5 Å². The maximum absolute atomic E-state index is 14.2. The summed E-state index contributed by atoms with van der Waals surface area (Å²) in [6.45, 7) is 0.0256. The van der Waals surface area contributed by atoms with Gasteiger partial charge in [0, 0.05) is 4.70 Å². The molecule has 0 aliphatic carbocycles. The van der Waals surface area contributed by atoms with Crippen LogP contribution in [0.4, 0.5) is 4.39 Å². The predicted molar refractivity (Wildman–Crippen MR) is 113 cm³/mol. The third-order valence-corrected chi connectivity index (χ3v) is 5.97. The van der Waals surface area contributed by atoms with E-state index in [1.54, 1.807) is 37.4 Å². The number of halogens is 1. The lowest BCUT2D eigenvalue weighted by Gasteiger charge is -2.09. The molecule has 0 aliphatic rings. The van der Waals surface area contributed by atoms with E-state index in [2.05, 4.69) is 15.1 Å². The van der Waals surface area contributed by atoms with Crippen molar-refractivity contribution in [2.24, 2.45) is 0 Å². The Bertz CT molecular complexity index is 1490. The monoisotopic (exact) mass is 438 g/mol. The number of aromatic nitrogens is 4. The van der Waals surface area contributed by atoms with E-state index in [-0.39, 0.29) is 18.0 Å². The van der Waals surface area contributed by atoms with Gasteiger partial charge >= 0.3 is 0 Å². The van der Waals surface area contributed by atoms with Gasteiger partial charge in [-0.2, -0.15) is 4.98 Å². The number of hydrogen-bond acceptors (Lipinski definition) is 8. The summed E-state index contributed by atoms with van der Waals surface area (Å²) in [6.07, 6.45) is 1.36. The zero-order valence-corrected chi connectivity index (χ0v) is 17.3. The molecule has 5 rings (SSSR count). The molecule has 2 aromatic carbocycles. The minimum Gasteiger partial charge on any atom is -0.493 e. The molecule has 31 heavy (non-hydrogen) atoms. The topological polar surface area (TPSA) is 92.3 Å². The van der Waals surface area contributed by atoms with Crippen molar-refractivity contribution in [3.63, 3.8) is 0 Å². The fourth-order valence-corrected chi connectivity index (χ4v) is 4.54. The lowest BCUT2D eigenvalue weighted by atomic mass is 10.1. The number of methoxy groups -OCH3 is 2. The quantitative estimate of drug-likeness (QED) is 0.411. The summed E-state index contributed by atoms with van der Waals surface area (Å²) in [7, 11) is 3.06. The fourth-order valence-electron chi connectivity index (χ4n) is 3.42. The Morgan fingerprint density at radius 1 is 1.16 bits per heavy atom. The fraction of sp³-hybridized carbons (Fsp3) is 0.143. The second-order valence-corrected chi connectivity index (χ2v) is 7.68. The molecule has 0 atom stereocenters. The number of nitrogens with zero attached hydrogens (tertiary/aromatic N) is 4. The first kappa shape index (κ1) is 19.2. The third-order valence-electron chi connectivity index (χ3n) is 4.84. The summed E-state index contributed by atoms with van der Waals surface area (Å²) in [5.41, 5.74) is 0.647. The normalized spacial score (nSPS) is 11.3. The Hall–Kier alpha value is -3.79. The Labute approximate surface area is 178 Å². The molecular formula is C21H15FN4O4S. The molecule has 0 bridgehead atoms. The third kappa shape index (κ3) is 3.12. The standard InChI is InChI=1S/C21H15FN4O4S/c1-28-13-7-3-5-11(18(13)29-2)20-24-15(30-25-20)9-26-10-23-17-16-12(22)6-4-8-14(16)31-19(17)21(26)27/h3-8,10H,9H2,1-2H3. The van der Waals surface area contributed by atoms with Gasteiger partial charge in [-0.25, -0.2) is 9.37 Å². The number of thiophene rings is 1. The van der Waals surface area contributed by atoms with E-state index in [0.717, 1.165) is 0 Å². The lowest BCUT2D eigenvalue weighted by Crippen LogP contribution is -2.20. The minimum absolute atomic E-state index is 0.0256. The molecule has 0 spiro atoms. The molecule has 10 heteroatoms. The molecule has 0 N–H and O–H groups in total. The number of para-hydroxylation sites is 1. The van der Waals surface area contributed by atoms with Crippen LogP contribution in [0.3, 0.4) is 0 Å². The summed E-state index contributed by atoms with van der Waals surface area (Å²) in [5, 5.41) is 4.36. The van der Waals surface area contributed by atoms with E-state index < -0.39 is 5.82 Å². The predicted octanol–water partition coefficient (Wildman–Crippen LogP) is 3.87. The van der Waals surface area contributed by atoms with Gasteiger partial charge in [0.2, 0.25) is 11.7 Å². The first-order chi connectivity index (χ1) is 15.1. The maximum atomic E-state index is 14.2. The van der Waals surface area contributed by atoms with Gasteiger partial charge in [0.1, 0.15) is 17.1 Å². The van der Waals surface area contributed by atoms with Gasteiger partial charge in [-0.1, -0.05) is 17.3 Å². The van der Waals surface area contributed by atoms with Crippen molar-refractivity contribution < 1.29 is 18.4 Å². The minimum atomic E-state index is -0.401. The highest BCUT2D eigenvalue weighted by atomic mass is 32.1. The average Bonchev–Trinajstić information content (AvgIpc) is 3.40.